The normalized spacial score (nSPS) is 21.9. The Kier molecular flexibility index (Phi) is 3.97. The minimum absolute atomic E-state index is 0.0715. The first-order valence-corrected chi connectivity index (χ1v) is 7.20. The molecule has 88 valence electrons. The van der Waals surface area contributed by atoms with Crippen LogP contribution in [0.1, 0.15) is 36.7 Å². The summed E-state index contributed by atoms with van der Waals surface area (Å²) >= 11 is 4.69. The number of rotatable bonds is 1. The lowest BCUT2D eigenvalue weighted by Crippen LogP contribution is -2.32. The summed E-state index contributed by atoms with van der Waals surface area (Å²) in [4.78, 5) is 14.1. The third-order valence-electron chi connectivity index (χ3n) is 3.03. The molecule has 1 fully saturated rings. The molecule has 1 aliphatic rings. The van der Waals surface area contributed by atoms with E-state index in [1.807, 2.05) is 10.3 Å². The highest BCUT2D eigenvalue weighted by atomic mass is 79.9. The number of aromatic nitrogens is 1. The molecule has 1 aliphatic heterocycles. The molecule has 0 N–H and O–H groups in total. The van der Waals surface area contributed by atoms with Crippen LogP contribution >= 0.6 is 27.5 Å². The van der Waals surface area contributed by atoms with Gasteiger partial charge in [-0.1, -0.05) is 6.92 Å². The summed E-state index contributed by atoms with van der Waals surface area (Å²) in [5.74, 6) is 0.805. The van der Waals surface area contributed by atoms with Crippen molar-refractivity contribution in [3.05, 3.63) is 15.5 Å². The van der Waals surface area contributed by atoms with E-state index in [0.717, 1.165) is 36.3 Å². The average Bonchev–Trinajstić information content (AvgIpc) is 2.56. The maximum Gasteiger partial charge on any atom is 0.274 e. The van der Waals surface area contributed by atoms with Crippen LogP contribution in [0.25, 0.3) is 0 Å². The molecule has 1 saturated heterocycles. The second kappa shape index (κ2) is 5.27. The van der Waals surface area contributed by atoms with Gasteiger partial charge in [-0.05, 0) is 52.6 Å². The molecule has 0 aliphatic carbocycles. The first-order valence-electron chi connectivity index (χ1n) is 5.57. The molecule has 0 radical (unpaired) electrons. The Morgan fingerprint density at radius 2 is 2.38 bits per heavy atom. The van der Waals surface area contributed by atoms with Crippen LogP contribution in [0.15, 0.2) is 9.85 Å². The number of hydrogen-bond acceptors (Lipinski definition) is 3. The number of amides is 1. The predicted octanol–water partition coefficient (Wildman–Crippen LogP) is 3.17. The number of likely N-dealkylation sites (tertiary alicyclic amines) is 1. The largest absolute Gasteiger partial charge is 0.337 e. The Morgan fingerprint density at radius 1 is 1.56 bits per heavy atom. The third-order valence-corrected chi connectivity index (χ3v) is 4.57. The van der Waals surface area contributed by atoms with Crippen molar-refractivity contribution >= 4 is 33.4 Å². The Labute approximate surface area is 108 Å². The molecule has 1 unspecified atom stereocenters. The van der Waals surface area contributed by atoms with Gasteiger partial charge < -0.3 is 4.90 Å². The highest BCUT2D eigenvalue weighted by molar-refractivity contribution is 9.10. The van der Waals surface area contributed by atoms with E-state index >= 15 is 0 Å². The van der Waals surface area contributed by atoms with Gasteiger partial charge in [0.15, 0.2) is 5.69 Å². The van der Waals surface area contributed by atoms with Crippen molar-refractivity contribution < 1.29 is 4.79 Å². The second-order valence-electron chi connectivity index (χ2n) is 4.34. The zero-order valence-electron chi connectivity index (χ0n) is 9.28. The summed E-state index contributed by atoms with van der Waals surface area (Å²) < 4.78 is 4.96. The van der Waals surface area contributed by atoms with Crippen molar-refractivity contribution in [1.82, 2.24) is 9.27 Å². The van der Waals surface area contributed by atoms with Crippen molar-refractivity contribution in [2.45, 2.75) is 26.2 Å². The topological polar surface area (TPSA) is 33.2 Å². The Balaban J connectivity index is 2.07. The van der Waals surface area contributed by atoms with Crippen molar-refractivity contribution in [2.24, 2.45) is 5.92 Å². The predicted molar refractivity (Wildman–Crippen MR) is 68.7 cm³/mol. The lowest BCUT2D eigenvalue weighted by atomic mass is 10.0. The highest BCUT2D eigenvalue weighted by Crippen LogP contribution is 2.22. The standard InChI is InChI=1S/C11H15BrN2OS/c1-8-3-2-5-14(6-4-8)11(15)10-9(12)7-16-13-10/h7-8H,2-6H2,1H3. The number of carbonyl (C=O) groups is 1. The van der Waals surface area contributed by atoms with Crippen molar-refractivity contribution in [3.63, 3.8) is 0 Å². The van der Waals surface area contributed by atoms with Gasteiger partial charge in [-0.15, -0.1) is 0 Å². The van der Waals surface area contributed by atoms with Crippen LogP contribution in [-0.4, -0.2) is 28.3 Å². The lowest BCUT2D eigenvalue weighted by Gasteiger charge is -2.19. The van der Waals surface area contributed by atoms with Gasteiger partial charge in [0.1, 0.15) is 0 Å². The molecule has 0 bridgehead atoms. The number of hydrogen-bond donors (Lipinski definition) is 0. The number of halogens is 1. The van der Waals surface area contributed by atoms with Gasteiger partial charge in [-0.3, -0.25) is 4.79 Å². The average molecular weight is 303 g/mol. The van der Waals surface area contributed by atoms with Crippen LogP contribution in [0.5, 0.6) is 0 Å². The fourth-order valence-electron chi connectivity index (χ4n) is 1.98. The summed E-state index contributed by atoms with van der Waals surface area (Å²) in [5.41, 5.74) is 0.569. The van der Waals surface area contributed by atoms with Gasteiger partial charge >= 0.3 is 0 Å². The van der Waals surface area contributed by atoms with Gasteiger partial charge in [-0.25, -0.2) is 0 Å². The van der Waals surface area contributed by atoms with Crippen LogP contribution in [0, 0.1) is 5.92 Å². The molecule has 1 aromatic heterocycles. The maximum absolute atomic E-state index is 12.2. The van der Waals surface area contributed by atoms with Gasteiger partial charge in [0, 0.05) is 18.5 Å². The summed E-state index contributed by atoms with van der Waals surface area (Å²) in [6.45, 7) is 3.99. The van der Waals surface area contributed by atoms with E-state index in [0.29, 0.717) is 5.69 Å². The maximum atomic E-state index is 12.2. The quantitative estimate of drug-likeness (QED) is 0.798. The fourth-order valence-corrected chi connectivity index (χ4v) is 3.15. The molecule has 1 aromatic rings. The Morgan fingerprint density at radius 3 is 3.06 bits per heavy atom. The van der Waals surface area contributed by atoms with E-state index in [-0.39, 0.29) is 5.91 Å². The molecular weight excluding hydrogens is 288 g/mol. The zero-order valence-corrected chi connectivity index (χ0v) is 11.7. The number of carbonyl (C=O) groups excluding carboxylic acids is 1. The Hall–Kier alpha value is -0.420. The second-order valence-corrected chi connectivity index (χ2v) is 5.82. The highest BCUT2D eigenvalue weighted by Gasteiger charge is 2.22. The van der Waals surface area contributed by atoms with E-state index in [9.17, 15) is 4.79 Å². The lowest BCUT2D eigenvalue weighted by molar-refractivity contribution is 0.0755. The SMILES string of the molecule is CC1CCCN(C(=O)c2nscc2Br)CC1. The smallest absolute Gasteiger partial charge is 0.274 e. The molecule has 2 rings (SSSR count). The minimum atomic E-state index is 0.0715. The van der Waals surface area contributed by atoms with Gasteiger partial charge in [0.2, 0.25) is 0 Å². The van der Waals surface area contributed by atoms with Crippen LogP contribution in [0.2, 0.25) is 0 Å². The Bertz CT molecular complexity index is 380. The molecule has 0 spiro atoms. The molecule has 0 saturated carbocycles. The summed E-state index contributed by atoms with van der Waals surface area (Å²) in [6.07, 6.45) is 3.43. The van der Waals surface area contributed by atoms with Crippen molar-refractivity contribution in [2.75, 3.05) is 13.1 Å². The van der Waals surface area contributed by atoms with Crippen LogP contribution in [0.4, 0.5) is 0 Å². The van der Waals surface area contributed by atoms with E-state index < -0.39 is 0 Å². The molecule has 5 heteroatoms. The van der Waals surface area contributed by atoms with Crippen LogP contribution < -0.4 is 0 Å². The molecule has 2 heterocycles. The van der Waals surface area contributed by atoms with E-state index in [4.69, 9.17) is 0 Å². The fraction of sp³-hybridized carbons (Fsp3) is 0.636. The number of nitrogens with zero attached hydrogens (tertiary/aromatic N) is 2. The van der Waals surface area contributed by atoms with E-state index in [2.05, 4.69) is 27.2 Å². The van der Waals surface area contributed by atoms with Crippen molar-refractivity contribution in [1.29, 1.82) is 0 Å². The molecule has 1 atom stereocenters. The van der Waals surface area contributed by atoms with E-state index in [1.165, 1.54) is 18.0 Å². The van der Waals surface area contributed by atoms with Gasteiger partial charge in [0.25, 0.3) is 5.91 Å². The molecule has 1 amide bonds. The monoisotopic (exact) mass is 302 g/mol. The summed E-state index contributed by atoms with van der Waals surface area (Å²) in [7, 11) is 0. The summed E-state index contributed by atoms with van der Waals surface area (Å²) in [6, 6.07) is 0. The summed E-state index contributed by atoms with van der Waals surface area (Å²) in [5, 5.41) is 1.85. The third kappa shape index (κ3) is 2.63. The first kappa shape index (κ1) is 12.0. The molecular formula is C11H15BrN2OS. The zero-order chi connectivity index (χ0) is 11.5. The van der Waals surface area contributed by atoms with Gasteiger partial charge in [0.05, 0.1) is 4.47 Å². The first-order chi connectivity index (χ1) is 7.68. The minimum Gasteiger partial charge on any atom is -0.337 e. The molecule has 0 aromatic carbocycles. The van der Waals surface area contributed by atoms with Crippen LogP contribution in [0.3, 0.4) is 0 Å². The van der Waals surface area contributed by atoms with Gasteiger partial charge in [-0.2, -0.15) is 4.37 Å². The molecule has 3 nitrogen and oxygen atoms in total. The molecule has 16 heavy (non-hydrogen) atoms. The van der Waals surface area contributed by atoms with Crippen LogP contribution in [-0.2, 0) is 0 Å². The van der Waals surface area contributed by atoms with Crippen molar-refractivity contribution in [3.8, 4) is 0 Å². The van der Waals surface area contributed by atoms with E-state index in [1.54, 1.807) is 0 Å².